The van der Waals surface area contributed by atoms with Crippen LogP contribution in [-0.2, 0) is 13.0 Å². The maximum atomic E-state index is 4.74. The first-order chi connectivity index (χ1) is 13.6. The summed E-state index contributed by atoms with van der Waals surface area (Å²) < 4.78 is 0. The molecule has 0 amide bonds. The van der Waals surface area contributed by atoms with Crippen LogP contribution in [0.25, 0.3) is 10.9 Å². The van der Waals surface area contributed by atoms with Gasteiger partial charge in [0.15, 0.2) is 5.96 Å². The molecule has 2 aromatic heterocycles. The third kappa shape index (κ3) is 4.82. The first-order valence-corrected chi connectivity index (χ1v) is 9.78. The molecule has 0 atom stereocenters. The topological polar surface area (TPSA) is 68.3 Å². The average molecular weight is 379 g/mol. The van der Waals surface area contributed by atoms with Crippen LogP contribution in [0, 0.1) is 6.92 Å². The number of aromatic nitrogens is 2. The molecule has 1 aromatic carbocycles. The van der Waals surface area contributed by atoms with E-state index in [1.54, 1.807) is 0 Å². The van der Waals surface area contributed by atoms with E-state index < -0.39 is 0 Å². The van der Waals surface area contributed by atoms with E-state index in [0.29, 0.717) is 6.54 Å². The number of aliphatic imine (C=N–C) groups is 1. The SMILES string of the molecule is CCNC(=NCc1cccnc1N(C)C)NCCc1c[nH]c2cc(C)ccc12. The van der Waals surface area contributed by atoms with Crippen molar-refractivity contribution in [2.24, 2.45) is 4.99 Å². The zero-order valence-electron chi connectivity index (χ0n) is 17.2. The molecular weight excluding hydrogens is 348 g/mol. The molecule has 0 unspecified atom stereocenters. The van der Waals surface area contributed by atoms with Gasteiger partial charge in [-0.15, -0.1) is 0 Å². The van der Waals surface area contributed by atoms with Gasteiger partial charge >= 0.3 is 0 Å². The number of guanidine groups is 1. The van der Waals surface area contributed by atoms with Gasteiger partial charge in [0.05, 0.1) is 6.54 Å². The van der Waals surface area contributed by atoms with Gasteiger partial charge in [0.25, 0.3) is 0 Å². The second-order valence-electron chi connectivity index (χ2n) is 7.12. The molecular formula is C22H30N6. The van der Waals surface area contributed by atoms with E-state index in [1.807, 2.05) is 31.3 Å². The molecule has 28 heavy (non-hydrogen) atoms. The van der Waals surface area contributed by atoms with Crippen molar-refractivity contribution in [1.82, 2.24) is 20.6 Å². The van der Waals surface area contributed by atoms with Crippen LogP contribution in [0.3, 0.4) is 0 Å². The fraction of sp³-hybridized carbons (Fsp3) is 0.364. The van der Waals surface area contributed by atoms with Crippen LogP contribution in [-0.4, -0.2) is 43.1 Å². The highest BCUT2D eigenvalue weighted by Gasteiger charge is 2.07. The molecule has 0 fully saturated rings. The van der Waals surface area contributed by atoms with Gasteiger partial charge in [0, 0.05) is 56.0 Å². The largest absolute Gasteiger partial charge is 0.362 e. The Labute approximate surface area is 167 Å². The van der Waals surface area contributed by atoms with Gasteiger partial charge in [0.1, 0.15) is 5.82 Å². The Morgan fingerprint density at radius 3 is 2.82 bits per heavy atom. The van der Waals surface area contributed by atoms with E-state index in [0.717, 1.165) is 36.9 Å². The fourth-order valence-corrected chi connectivity index (χ4v) is 3.28. The van der Waals surface area contributed by atoms with Crippen LogP contribution in [0.1, 0.15) is 23.6 Å². The molecule has 0 aliphatic rings. The zero-order valence-corrected chi connectivity index (χ0v) is 17.2. The highest BCUT2D eigenvalue weighted by Crippen LogP contribution is 2.19. The lowest BCUT2D eigenvalue weighted by Gasteiger charge is -2.15. The maximum absolute atomic E-state index is 4.74. The number of nitrogens with zero attached hydrogens (tertiary/aromatic N) is 3. The second-order valence-corrected chi connectivity index (χ2v) is 7.12. The fourth-order valence-electron chi connectivity index (χ4n) is 3.28. The van der Waals surface area contributed by atoms with Gasteiger partial charge in [-0.2, -0.15) is 0 Å². The zero-order chi connectivity index (χ0) is 19.9. The molecule has 3 N–H and O–H groups in total. The summed E-state index contributed by atoms with van der Waals surface area (Å²) in [4.78, 5) is 14.6. The average Bonchev–Trinajstić information content (AvgIpc) is 3.08. The van der Waals surface area contributed by atoms with Crippen molar-refractivity contribution in [2.75, 3.05) is 32.1 Å². The van der Waals surface area contributed by atoms with Crippen molar-refractivity contribution in [1.29, 1.82) is 0 Å². The van der Waals surface area contributed by atoms with Gasteiger partial charge < -0.3 is 20.5 Å². The van der Waals surface area contributed by atoms with Gasteiger partial charge in [-0.25, -0.2) is 9.98 Å². The normalized spacial score (nSPS) is 11.6. The summed E-state index contributed by atoms with van der Waals surface area (Å²) in [6.07, 6.45) is 4.85. The summed E-state index contributed by atoms with van der Waals surface area (Å²) in [5, 5.41) is 8.06. The van der Waals surface area contributed by atoms with Crippen LogP contribution < -0.4 is 15.5 Å². The highest BCUT2D eigenvalue weighted by molar-refractivity contribution is 5.84. The molecule has 0 spiro atoms. The van der Waals surface area contributed by atoms with Crippen LogP contribution in [0.2, 0.25) is 0 Å². The second kappa shape index (κ2) is 9.26. The Kier molecular flexibility index (Phi) is 6.53. The molecule has 0 saturated carbocycles. The lowest BCUT2D eigenvalue weighted by atomic mass is 10.1. The number of hydrogen-bond acceptors (Lipinski definition) is 3. The monoisotopic (exact) mass is 378 g/mol. The minimum Gasteiger partial charge on any atom is -0.362 e. The molecule has 0 radical (unpaired) electrons. The molecule has 6 nitrogen and oxygen atoms in total. The molecule has 0 aliphatic carbocycles. The minimum absolute atomic E-state index is 0.586. The van der Waals surface area contributed by atoms with Gasteiger partial charge in [-0.3, -0.25) is 0 Å². The molecule has 3 aromatic rings. The van der Waals surface area contributed by atoms with Crippen molar-refractivity contribution >= 4 is 22.7 Å². The van der Waals surface area contributed by atoms with Gasteiger partial charge in [-0.05, 0) is 43.5 Å². The maximum Gasteiger partial charge on any atom is 0.191 e. The first kappa shape index (κ1) is 19.7. The van der Waals surface area contributed by atoms with Gasteiger partial charge in [-0.1, -0.05) is 18.2 Å². The Bertz CT molecular complexity index is 941. The highest BCUT2D eigenvalue weighted by atomic mass is 15.2. The van der Waals surface area contributed by atoms with Crippen LogP contribution in [0.5, 0.6) is 0 Å². The van der Waals surface area contributed by atoms with Gasteiger partial charge in [0.2, 0.25) is 0 Å². The molecule has 0 aliphatic heterocycles. The lowest BCUT2D eigenvalue weighted by Crippen LogP contribution is -2.38. The summed E-state index contributed by atoms with van der Waals surface area (Å²) in [6.45, 7) is 6.42. The van der Waals surface area contributed by atoms with Crippen molar-refractivity contribution in [2.45, 2.75) is 26.8 Å². The minimum atomic E-state index is 0.586. The number of anilines is 1. The van der Waals surface area contributed by atoms with Crippen LogP contribution >= 0.6 is 0 Å². The molecule has 3 rings (SSSR count). The van der Waals surface area contributed by atoms with Crippen molar-refractivity contribution < 1.29 is 0 Å². The van der Waals surface area contributed by atoms with E-state index in [-0.39, 0.29) is 0 Å². The lowest BCUT2D eigenvalue weighted by molar-refractivity contribution is 0.801. The number of fused-ring (bicyclic) bond motifs is 1. The number of aromatic amines is 1. The number of hydrogen-bond donors (Lipinski definition) is 3. The summed E-state index contributed by atoms with van der Waals surface area (Å²) in [5.74, 6) is 1.78. The van der Waals surface area contributed by atoms with E-state index >= 15 is 0 Å². The Morgan fingerprint density at radius 1 is 1.18 bits per heavy atom. The number of pyridine rings is 1. The van der Waals surface area contributed by atoms with Crippen LogP contribution in [0.4, 0.5) is 5.82 Å². The molecule has 0 saturated heterocycles. The van der Waals surface area contributed by atoms with Crippen LogP contribution in [0.15, 0.2) is 47.7 Å². The number of H-pyrrole nitrogens is 1. The Hall–Kier alpha value is -3.02. The van der Waals surface area contributed by atoms with Crippen molar-refractivity contribution in [3.63, 3.8) is 0 Å². The smallest absolute Gasteiger partial charge is 0.191 e. The summed E-state index contributed by atoms with van der Waals surface area (Å²) >= 11 is 0. The molecule has 2 heterocycles. The van der Waals surface area contributed by atoms with E-state index in [9.17, 15) is 0 Å². The first-order valence-electron chi connectivity index (χ1n) is 9.78. The number of benzene rings is 1. The quantitative estimate of drug-likeness (QED) is 0.436. The summed E-state index contributed by atoms with van der Waals surface area (Å²) in [5.41, 5.74) is 4.90. The standard InChI is InChI=1S/C22H30N6/c1-5-23-22(27-15-18-7-6-11-24-21(18)28(3)4)25-12-10-17-14-26-20-13-16(2)8-9-19(17)20/h6-9,11,13-14,26H,5,10,12,15H2,1-4H3,(H2,23,25,27). The van der Waals surface area contributed by atoms with Crippen molar-refractivity contribution in [3.8, 4) is 0 Å². The number of nitrogens with one attached hydrogen (secondary N) is 3. The van der Waals surface area contributed by atoms with E-state index in [1.165, 1.54) is 22.0 Å². The van der Waals surface area contributed by atoms with E-state index in [2.05, 4.69) is 64.9 Å². The van der Waals surface area contributed by atoms with E-state index in [4.69, 9.17) is 4.99 Å². The third-order valence-corrected chi connectivity index (χ3v) is 4.65. The Morgan fingerprint density at radius 2 is 2.04 bits per heavy atom. The third-order valence-electron chi connectivity index (χ3n) is 4.65. The predicted octanol–water partition coefficient (Wildman–Crippen LogP) is 3.24. The van der Waals surface area contributed by atoms with Crippen molar-refractivity contribution in [3.05, 3.63) is 59.4 Å². The number of rotatable bonds is 7. The number of aryl methyl sites for hydroxylation is 1. The summed E-state index contributed by atoms with van der Waals surface area (Å²) in [6, 6.07) is 10.6. The Balaban J connectivity index is 1.63. The predicted molar refractivity (Wildman–Crippen MR) is 118 cm³/mol. The molecule has 0 bridgehead atoms. The molecule has 6 heteroatoms. The molecule has 148 valence electrons. The summed E-state index contributed by atoms with van der Waals surface area (Å²) in [7, 11) is 4.00.